The summed E-state index contributed by atoms with van der Waals surface area (Å²) in [5.74, 6) is 0.0535. The number of hydrogen-bond acceptors (Lipinski definition) is 8. The lowest BCUT2D eigenvalue weighted by molar-refractivity contribution is 0.0166. The van der Waals surface area contributed by atoms with Gasteiger partial charge in [0.25, 0.3) is 0 Å². The van der Waals surface area contributed by atoms with Gasteiger partial charge < -0.3 is 13.9 Å². The lowest BCUT2D eigenvalue weighted by Gasteiger charge is -2.09. The van der Waals surface area contributed by atoms with Crippen LogP contribution in [-0.4, -0.2) is 39.9 Å². The molecule has 0 aromatic carbocycles. The molecule has 8 heteroatoms. The first-order chi connectivity index (χ1) is 9.74. The minimum atomic E-state index is -0.453. The van der Waals surface area contributed by atoms with E-state index in [9.17, 15) is 4.79 Å². The fourth-order valence-corrected chi connectivity index (χ4v) is 2.54. The highest BCUT2D eigenvalue weighted by atomic mass is 32.1. The summed E-state index contributed by atoms with van der Waals surface area (Å²) < 4.78 is 19.6. The topological polar surface area (TPSA) is 87.3 Å². The molecule has 0 bridgehead atoms. The Morgan fingerprint density at radius 1 is 1.60 bits per heavy atom. The first kappa shape index (κ1) is 13.2. The van der Waals surface area contributed by atoms with E-state index in [1.165, 1.54) is 6.26 Å². The van der Waals surface area contributed by atoms with Gasteiger partial charge >= 0.3 is 5.97 Å². The zero-order valence-corrected chi connectivity index (χ0v) is 11.7. The molecule has 0 spiro atoms. The van der Waals surface area contributed by atoms with Gasteiger partial charge in [-0.1, -0.05) is 4.49 Å². The fraction of sp³-hybridized carbons (Fsp3) is 0.500. The molecule has 0 aliphatic carbocycles. The van der Waals surface area contributed by atoms with Crippen molar-refractivity contribution >= 4 is 17.5 Å². The highest BCUT2D eigenvalue weighted by molar-refractivity contribution is 7.08. The third-order valence-corrected chi connectivity index (χ3v) is 3.67. The lowest BCUT2D eigenvalue weighted by Crippen LogP contribution is -2.17. The summed E-state index contributed by atoms with van der Waals surface area (Å²) in [6, 6.07) is 0. The summed E-state index contributed by atoms with van der Waals surface area (Å²) in [6.07, 6.45) is 3.37. The van der Waals surface area contributed by atoms with Crippen molar-refractivity contribution in [1.82, 2.24) is 14.6 Å². The highest BCUT2D eigenvalue weighted by Gasteiger charge is 2.23. The smallest absolute Gasteiger partial charge is 0.352 e. The normalized spacial score (nSPS) is 18.4. The molecule has 2 aromatic rings. The lowest BCUT2D eigenvalue weighted by atomic mass is 10.2. The van der Waals surface area contributed by atoms with E-state index in [1.54, 1.807) is 6.92 Å². The Morgan fingerprint density at radius 2 is 2.50 bits per heavy atom. The molecule has 1 aliphatic heterocycles. The molecule has 1 atom stereocenters. The molecular weight excluding hydrogens is 282 g/mol. The van der Waals surface area contributed by atoms with Crippen LogP contribution in [0.1, 0.15) is 28.4 Å². The molecule has 0 saturated carbocycles. The van der Waals surface area contributed by atoms with Crippen molar-refractivity contribution in [3.8, 4) is 11.4 Å². The van der Waals surface area contributed by atoms with Crippen LogP contribution in [0.4, 0.5) is 0 Å². The Hall–Kier alpha value is -1.80. The number of aromatic nitrogens is 3. The van der Waals surface area contributed by atoms with Crippen molar-refractivity contribution in [1.29, 1.82) is 0 Å². The van der Waals surface area contributed by atoms with E-state index in [0.29, 0.717) is 22.2 Å². The van der Waals surface area contributed by atoms with Crippen molar-refractivity contribution in [3.63, 3.8) is 0 Å². The van der Waals surface area contributed by atoms with Gasteiger partial charge in [0.15, 0.2) is 10.8 Å². The van der Waals surface area contributed by atoms with Crippen molar-refractivity contribution in [2.45, 2.75) is 25.9 Å². The number of rotatable bonds is 4. The van der Waals surface area contributed by atoms with Crippen LogP contribution in [0.3, 0.4) is 0 Å². The molecule has 0 radical (unpaired) electrons. The molecule has 0 N–H and O–H groups in total. The van der Waals surface area contributed by atoms with Gasteiger partial charge in [0.2, 0.25) is 0 Å². The minimum absolute atomic E-state index is 0.00225. The quantitative estimate of drug-likeness (QED) is 0.795. The molecule has 3 rings (SSSR count). The Bertz CT molecular complexity index is 603. The van der Waals surface area contributed by atoms with Crippen molar-refractivity contribution in [2.75, 3.05) is 13.2 Å². The Labute approximate surface area is 119 Å². The molecular formula is C12H13N3O4S. The molecule has 106 valence electrons. The number of ether oxygens (including phenoxy) is 2. The van der Waals surface area contributed by atoms with E-state index >= 15 is 0 Å². The Balaban J connectivity index is 1.70. The van der Waals surface area contributed by atoms with Gasteiger partial charge in [0.1, 0.15) is 24.3 Å². The minimum Gasteiger partial charge on any atom is -0.459 e. The molecule has 7 nitrogen and oxygen atoms in total. The Morgan fingerprint density at radius 3 is 3.20 bits per heavy atom. The van der Waals surface area contributed by atoms with E-state index in [1.807, 2.05) is 0 Å². The summed E-state index contributed by atoms with van der Waals surface area (Å²) in [4.78, 5) is 16.5. The van der Waals surface area contributed by atoms with E-state index in [2.05, 4.69) is 14.6 Å². The van der Waals surface area contributed by atoms with Crippen molar-refractivity contribution in [2.24, 2.45) is 0 Å². The summed E-state index contributed by atoms with van der Waals surface area (Å²) in [6.45, 7) is 2.71. The zero-order chi connectivity index (χ0) is 13.9. The molecule has 0 amide bonds. The molecule has 3 heterocycles. The van der Waals surface area contributed by atoms with Crippen LogP contribution in [0.15, 0.2) is 10.7 Å². The predicted molar refractivity (Wildman–Crippen MR) is 69.4 cm³/mol. The van der Waals surface area contributed by atoms with Gasteiger partial charge in [-0.15, -0.1) is 5.10 Å². The summed E-state index contributed by atoms with van der Waals surface area (Å²) in [7, 11) is 0. The van der Waals surface area contributed by atoms with E-state index in [4.69, 9.17) is 13.9 Å². The second-order valence-electron chi connectivity index (χ2n) is 4.44. The van der Waals surface area contributed by atoms with Gasteiger partial charge in [-0.3, -0.25) is 0 Å². The van der Waals surface area contributed by atoms with Crippen LogP contribution in [0.2, 0.25) is 0 Å². The third-order valence-electron chi connectivity index (χ3n) is 2.96. The van der Waals surface area contributed by atoms with Crippen molar-refractivity contribution < 1.29 is 18.7 Å². The Kier molecular flexibility index (Phi) is 3.75. The maximum Gasteiger partial charge on any atom is 0.352 e. The second kappa shape index (κ2) is 5.68. The van der Waals surface area contributed by atoms with Crippen LogP contribution in [0.5, 0.6) is 0 Å². The highest BCUT2D eigenvalue weighted by Crippen LogP contribution is 2.24. The van der Waals surface area contributed by atoms with Gasteiger partial charge in [-0.25, -0.2) is 9.78 Å². The standard InChI is InChI=1S/C12H13N3O4S/c1-7-13-9(6-18-7)10-11(20-15-14-10)12(16)19-5-8-3-2-4-17-8/h6,8H,2-5H2,1H3/t8-/m1/s1. The van der Waals surface area contributed by atoms with Gasteiger partial charge in [-0.2, -0.15) is 0 Å². The zero-order valence-electron chi connectivity index (χ0n) is 10.9. The SMILES string of the molecule is Cc1nc(-c2nnsc2C(=O)OC[C@H]2CCCO2)co1. The van der Waals surface area contributed by atoms with Crippen LogP contribution in [0.25, 0.3) is 11.4 Å². The van der Waals surface area contributed by atoms with Crippen LogP contribution in [0, 0.1) is 6.92 Å². The molecule has 1 aliphatic rings. The third kappa shape index (κ3) is 2.70. The van der Waals surface area contributed by atoms with Gasteiger partial charge in [0.05, 0.1) is 6.10 Å². The van der Waals surface area contributed by atoms with E-state index in [0.717, 1.165) is 31.0 Å². The number of aryl methyl sites for hydroxylation is 1. The van der Waals surface area contributed by atoms with Crippen LogP contribution in [-0.2, 0) is 9.47 Å². The van der Waals surface area contributed by atoms with E-state index in [-0.39, 0.29) is 12.7 Å². The monoisotopic (exact) mass is 295 g/mol. The number of carbonyl (C=O) groups is 1. The molecule has 1 saturated heterocycles. The molecule has 20 heavy (non-hydrogen) atoms. The summed E-state index contributed by atoms with van der Waals surface area (Å²) in [5.41, 5.74) is 0.879. The number of oxazole rings is 1. The average Bonchev–Trinajstić information content (AvgIpc) is 3.16. The first-order valence-electron chi connectivity index (χ1n) is 6.27. The number of nitrogens with zero attached hydrogens (tertiary/aromatic N) is 3. The average molecular weight is 295 g/mol. The van der Waals surface area contributed by atoms with Crippen molar-refractivity contribution in [3.05, 3.63) is 17.0 Å². The summed E-state index contributed by atoms with van der Waals surface area (Å²) in [5, 5.41) is 3.91. The number of carbonyl (C=O) groups excluding carboxylic acids is 1. The maximum atomic E-state index is 12.1. The summed E-state index contributed by atoms with van der Waals surface area (Å²) >= 11 is 0.986. The molecule has 0 unspecified atom stereocenters. The molecule has 2 aromatic heterocycles. The second-order valence-corrected chi connectivity index (χ2v) is 5.19. The number of esters is 1. The first-order valence-corrected chi connectivity index (χ1v) is 7.05. The van der Waals surface area contributed by atoms with Crippen LogP contribution >= 0.6 is 11.5 Å². The maximum absolute atomic E-state index is 12.1. The largest absolute Gasteiger partial charge is 0.459 e. The van der Waals surface area contributed by atoms with E-state index < -0.39 is 5.97 Å². The number of hydrogen-bond donors (Lipinski definition) is 0. The molecule has 1 fully saturated rings. The van der Waals surface area contributed by atoms with Gasteiger partial charge in [0, 0.05) is 13.5 Å². The fourth-order valence-electron chi connectivity index (χ4n) is 1.97. The van der Waals surface area contributed by atoms with Crippen LogP contribution < -0.4 is 0 Å². The van der Waals surface area contributed by atoms with Gasteiger partial charge in [-0.05, 0) is 24.4 Å². The predicted octanol–water partition coefficient (Wildman–Crippen LogP) is 1.84.